The summed E-state index contributed by atoms with van der Waals surface area (Å²) in [7, 11) is 0. The zero-order valence-corrected chi connectivity index (χ0v) is 13.5. The van der Waals surface area contributed by atoms with Crippen LogP contribution in [0.15, 0.2) is 54.6 Å². The Kier molecular flexibility index (Phi) is 6.01. The third-order valence-electron chi connectivity index (χ3n) is 4.04. The normalized spacial score (nSPS) is 13.9. The molecule has 0 amide bonds. The predicted molar refractivity (Wildman–Crippen MR) is 92.4 cm³/mol. The highest BCUT2D eigenvalue weighted by atomic mass is 14.9. The Morgan fingerprint density at radius 3 is 2.10 bits per heavy atom. The van der Waals surface area contributed by atoms with Gasteiger partial charge in [-0.25, -0.2) is 0 Å². The van der Waals surface area contributed by atoms with E-state index in [1.54, 1.807) is 0 Å². The second kappa shape index (κ2) is 7.99. The number of hydrogen-bond acceptors (Lipinski definition) is 1. The fourth-order valence-electron chi connectivity index (χ4n) is 2.71. The van der Waals surface area contributed by atoms with E-state index >= 15 is 0 Å². The molecule has 0 aliphatic carbocycles. The molecule has 0 aliphatic heterocycles. The van der Waals surface area contributed by atoms with E-state index in [0.717, 1.165) is 0 Å². The van der Waals surface area contributed by atoms with Crippen LogP contribution in [0.25, 0.3) is 11.1 Å². The molecule has 2 unspecified atom stereocenters. The van der Waals surface area contributed by atoms with Crippen LogP contribution in [0.3, 0.4) is 0 Å². The van der Waals surface area contributed by atoms with Crippen molar-refractivity contribution in [3.05, 3.63) is 60.2 Å². The van der Waals surface area contributed by atoms with Crippen LogP contribution in [0.1, 0.15) is 51.6 Å². The summed E-state index contributed by atoms with van der Waals surface area (Å²) >= 11 is 0. The average molecular weight is 281 g/mol. The molecule has 0 saturated heterocycles. The van der Waals surface area contributed by atoms with Crippen LogP contribution in [-0.4, -0.2) is 6.04 Å². The summed E-state index contributed by atoms with van der Waals surface area (Å²) in [6.07, 6.45) is 3.82. The number of benzene rings is 2. The van der Waals surface area contributed by atoms with Gasteiger partial charge in [-0.2, -0.15) is 0 Å². The number of rotatable bonds is 7. The largest absolute Gasteiger partial charge is 0.308 e. The van der Waals surface area contributed by atoms with Gasteiger partial charge in [0.15, 0.2) is 0 Å². The lowest BCUT2D eigenvalue weighted by Gasteiger charge is -2.20. The van der Waals surface area contributed by atoms with Gasteiger partial charge in [-0.15, -0.1) is 0 Å². The molecule has 1 N–H and O–H groups in total. The molecule has 2 atom stereocenters. The first kappa shape index (κ1) is 15.8. The highest BCUT2D eigenvalue weighted by molar-refractivity contribution is 5.63. The summed E-state index contributed by atoms with van der Waals surface area (Å²) in [5.74, 6) is 0. The molecule has 2 rings (SSSR count). The van der Waals surface area contributed by atoms with Crippen molar-refractivity contribution in [1.29, 1.82) is 0 Å². The Hall–Kier alpha value is -1.60. The number of nitrogens with one attached hydrogen (secondary N) is 1. The zero-order chi connectivity index (χ0) is 15.1. The van der Waals surface area contributed by atoms with Crippen LogP contribution in [-0.2, 0) is 0 Å². The molecule has 112 valence electrons. The Balaban J connectivity index is 1.98. The monoisotopic (exact) mass is 281 g/mol. The lowest BCUT2D eigenvalue weighted by Crippen LogP contribution is -2.28. The molecular weight excluding hydrogens is 254 g/mol. The van der Waals surface area contributed by atoms with Crippen LogP contribution >= 0.6 is 0 Å². The molecular formula is C20H27N. The lowest BCUT2D eigenvalue weighted by molar-refractivity contribution is 0.444. The predicted octanol–water partition coefficient (Wildman–Crippen LogP) is 5.58. The maximum atomic E-state index is 3.69. The van der Waals surface area contributed by atoms with E-state index in [9.17, 15) is 0 Å². The second-order valence-corrected chi connectivity index (χ2v) is 5.92. The van der Waals surface area contributed by atoms with Crippen LogP contribution in [0.2, 0.25) is 0 Å². The second-order valence-electron chi connectivity index (χ2n) is 5.92. The van der Waals surface area contributed by atoms with E-state index in [2.05, 4.69) is 80.7 Å². The summed E-state index contributed by atoms with van der Waals surface area (Å²) < 4.78 is 0. The quantitative estimate of drug-likeness (QED) is 0.698. The molecule has 2 aromatic carbocycles. The molecule has 0 heterocycles. The van der Waals surface area contributed by atoms with Crippen molar-refractivity contribution >= 4 is 0 Å². The van der Waals surface area contributed by atoms with Gasteiger partial charge in [0, 0.05) is 12.1 Å². The van der Waals surface area contributed by atoms with E-state index < -0.39 is 0 Å². The van der Waals surface area contributed by atoms with Gasteiger partial charge >= 0.3 is 0 Å². The molecule has 0 spiro atoms. The van der Waals surface area contributed by atoms with Crippen molar-refractivity contribution in [2.24, 2.45) is 0 Å². The third-order valence-corrected chi connectivity index (χ3v) is 4.04. The standard InChI is InChI=1S/C20H27N/c1-4-5-9-16(2)21-17(3)18-12-14-20(15-13-18)19-10-7-6-8-11-19/h6-8,10-17,21H,4-5,9H2,1-3H3. The molecule has 0 fully saturated rings. The fraction of sp³-hybridized carbons (Fsp3) is 0.400. The molecule has 0 radical (unpaired) electrons. The Morgan fingerprint density at radius 1 is 0.857 bits per heavy atom. The first-order valence-corrected chi connectivity index (χ1v) is 8.12. The van der Waals surface area contributed by atoms with Crippen molar-refractivity contribution in [3.8, 4) is 11.1 Å². The van der Waals surface area contributed by atoms with Crippen molar-refractivity contribution in [2.75, 3.05) is 0 Å². The van der Waals surface area contributed by atoms with E-state index in [1.807, 2.05) is 0 Å². The van der Waals surface area contributed by atoms with Crippen molar-refractivity contribution < 1.29 is 0 Å². The van der Waals surface area contributed by atoms with Crippen LogP contribution in [0.4, 0.5) is 0 Å². The van der Waals surface area contributed by atoms with Gasteiger partial charge in [0.05, 0.1) is 0 Å². The summed E-state index contributed by atoms with van der Waals surface area (Å²) in [5.41, 5.74) is 3.92. The van der Waals surface area contributed by atoms with Gasteiger partial charge in [-0.3, -0.25) is 0 Å². The maximum absolute atomic E-state index is 3.69. The van der Waals surface area contributed by atoms with Gasteiger partial charge in [-0.1, -0.05) is 74.4 Å². The molecule has 0 aromatic heterocycles. The van der Waals surface area contributed by atoms with Gasteiger partial charge < -0.3 is 5.32 Å². The number of unbranched alkanes of at least 4 members (excludes halogenated alkanes) is 1. The van der Waals surface area contributed by atoms with Crippen molar-refractivity contribution in [1.82, 2.24) is 5.32 Å². The first-order valence-electron chi connectivity index (χ1n) is 8.12. The van der Waals surface area contributed by atoms with E-state index in [1.165, 1.54) is 36.0 Å². The van der Waals surface area contributed by atoms with E-state index in [4.69, 9.17) is 0 Å². The molecule has 21 heavy (non-hydrogen) atoms. The van der Waals surface area contributed by atoms with Gasteiger partial charge in [0.1, 0.15) is 0 Å². The smallest absolute Gasteiger partial charge is 0.0294 e. The van der Waals surface area contributed by atoms with Gasteiger partial charge in [0.2, 0.25) is 0 Å². The minimum atomic E-state index is 0.404. The van der Waals surface area contributed by atoms with Crippen LogP contribution in [0.5, 0.6) is 0 Å². The molecule has 0 aliphatic rings. The molecule has 0 bridgehead atoms. The van der Waals surface area contributed by atoms with E-state index in [0.29, 0.717) is 12.1 Å². The van der Waals surface area contributed by atoms with Crippen LogP contribution in [0, 0.1) is 0 Å². The van der Waals surface area contributed by atoms with Crippen molar-refractivity contribution in [3.63, 3.8) is 0 Å². The fourth-order valence-corrected chi connectivity index (χ4v) is 2.71. The molecule has 1 heteroatoms. The minimum absolute atomic E-state index is 0.404. The highest BCUT2D eigenvalue weighted by Crippen LogP contribution is 2.22. The van der Waals surface area contributed by atoms with Gasteiger partial charge in [-0.05, 0) is 37.0 Å². The Morgan fingerprint density at radius 2 is 1.48 bits per heavy atom. The topological polar surface area (TPSA) is 12.0 Å². The van der Waals surface area contributed by atoms with Crippen molar-refractivity contribution in [2.45, 2.75) is 52.1 Å². The molecule has 2 aromatic rings. The Bertz CT molecular complexity index is 515. The SMILES string of the molecule is CCCCC(C)NC(C)c1ccc(-c2ccccc2)cc1. The maximum Gasteiger partial charge on any atom is 0.0294 e. The van der Waals surface area contributed by atoms with E-state index in [-0.39, 0.29) is 0 Å². The molecule has 1 nitrogen and oxygen atoms in total. The summed E-state index contributed by atoms with van der Waals surface area (Å²) in [4.78, 5) is 0. The Labute approximate surface area is 129 Å². The summed E-state index contributed by atoms with van der Waals surface area (Å²) in [5, 5.41) is 3.69. The first-order chi connectivity index (χ1) is 10.2. The molecule has 0 saturated carbocycles. The third kappa shape index (κ3) is 4.71. The lowest BCUT2D eigenvalue weighted by atomic mass is 10.0. The summed E-state index contributed by atoms with van der Waals surface area (Å²) in [6.45, 7) is 6.78. The highest BCUT2D eigenvalue weighted by Gasteiger charge is 2.09. The summed E-state index contributed by atoms with van der Waals surface area (Å²) in [6, 6.07) is 20.5. The minimum Gasteiger partial charge on any atom is -0.308 e. The zero-order valence-electron chi connectivity index (χ0n) is 13.5. The van der Waals surface area contributed by atoms with Crippen LogP contribution < -0.4 is 5.32 Å². The average Bonchev–Trinajstić information content (AvgIpc) is 2.54. The van der Waals surface area contributed by atoms with Gasteiger partial charge in [0.25, 0.3) is 0 Å². The number of hydrogen-bond donors (Lipinski definition) is 1.